The summed E-state index contributed by atoms with van der Waals surface area (Å²) in [5, 5.41) is 3.74. The van der Waals surface area contributed by atoms with E-state index >= 15 is 0 Å². The Morgan fingerprint density at radius 2 is 1.64 bits per heavy atom. The summed E-state index contributed by atoms with van der Waals surface area (Å²) < 4.78 is 4.93. The molecule has 0 aromatic carbocycles. The Balaban J connectivity index is 1.61. The zero-order chi connectivity index (χ0) is 15.5. The normalized spacial score (nSPS) is 15.0. The van der Waals surface area contributed by atoms with Crippen molar-refractivity contribution < 1.29 is 14.1 Å². The Bertz CT molecular complexity index is 675. The van der Waals surface area contributed by atoms with Gasteiger partial charge in [-0.25, -0.2) is 0 Å². The molecule has 1 fully saturated rings. The van der Waals surface area contributed by atoms with Crippen molar-refractivity contribution in [2.45, 2.75) is 6.92 Å². The van der Waals surface area contributed by atoms with Crippen molar-refractivity contribution in [3.05, 3.63) is 47.6 Å². The molecule has 3 heterocycles. The van der Waals surface area contributed by atoms with Crippen molar-refractivity contribution in [1.29, 1.82) is 0 Å². The van der Waals surface area contributed by atoms with Crippen LogP contribution in [0.4, 0.5) is 0 Å². The number of aromatic nitrogens is 2. The number of amides is 2. The van der Waals surface area contributed by atoms with E-state index in [1.54, 1.807) is 47.3 Å². The van der Waals surface area contributed by atoms with Gasteiger partial charge in [-0.2, -0.15) is 0 Å². The first-order chi connectivity index (χ1) is 10.6. The van der Waals surface area contributed by atoms with Gasteiger partial charge in [0.1, 0.15) is 5.76 Å². The first kappa shape index (κ1) is 14.2. The van der Waals surface area contributed by atoms with Gasteiger partial charge in [0.25, 0.3) is 11.8 Å². The first-order valence-electron chi connectivity index (χ1n) is 7.07. The van der Waals surface area contributed by atoms with Gasteiger partial charge in [0, 0.05) is 50.2 Å². The molecule has 7 heteroatoms. The summed E-state index contributed by atoms with van der Waals surface area (Å²) in [5.41, 5.74) is 0.924. The van der Waals surface area contributed by atoms with E-state index in [1.165, 1.54) is 0 Å². The molecule has 0 atom stereocenters. The number of hydrogen-bond acceptors (Lipinski definition) is 5. The molecule has 0 spiro atoms. The van der Waals surface area contributed by atoms with Crippen molar-refractivity contribution in [3.63, 3.8) is 0 Å². The van der Waals surface area contributed by atoms with E-state index in [-0.39, 0.29) is 11.8 Å². The minimum Gasteiger partial charge on any atom is -0.361 e. The zero-order valence-electron chi connectivity index (χ0n) is 12.2. The lowest BCUT2D eigenvalue weighted by atomic mass is 10.2. The van der Waals surface area contributed by atoms with Crippen LogP contribution in [0.3, 0.4) is 0 Å². The second-order valence-electron chi connectivity index (χ2n) is 5.14. The van der Waals surface area contributed by atoms with Gasteiger partial charge in [-0.3, -0.25) is 14.6 Å². The molecule has 0 aliphatic carbocycles. The van der Waals surface area contributed by atoms with Gasteiger partial charge in [-0.15, -0.1) is 0 Å². The fourth-order valence-corrected chi connectivity index (χ4v) is 2.42. The Hall–Kier alpha value is -2.70. The summed E-state index contributed by atoms with van der Waals surface area (Å²) in [6.45, 7) is 3.73. The van der Waals surface area contributed by atoms with Crippen molar-refractivity contribution in [1.82, 2.24) is 19.9 Å². The van der Waals surface area contributed by atoms with E-state index in [2.05, 4.69) is 10.1 Å². The van der Waals surface area contributed by atoms with Gasteiger partial charge >= 0.3 is 0 Å². The number of piperazine rings is 1. The highest BCUT2D eigenvalue weighted by molar-refractivity contribution is 5.95. The van der Waals surface area contributed by atoms with Crippen molar-refractivity contribution >= 4 is 11.8 Å². The van der Waals surface area contributed by atoms with Crippen LogP contribution in [0.15, 0.2) is 35.1 Å². The molecule has 0 bridgehead atoms. The highest BCUT2D eigenvalue weighted by atomic mass is 16.5. The van der Waals surface area contributed by atoms with E-state index in [4.69, 9.17) is 4.52 Å². The summed E-state index contributed by atoms with van der Waals surface area (Å²) >= 11 is 0. The first-order valence-corrected chi connectivity index (χ1v) is 7.07. The minimum absolute atomic E-state index is 0.0354. The van der Waals surface area contributed by atoms with Gasteiger partial charge in [0.15, 0.2) is 5.69 Å². The molecule has 2 aromatic rings. The molecule has 1 saturated heterocycles. The summed E-state index contributed by atoms with van der Waals surface area (Å²) in [6.07, 6.45) is 3.19. The number of aryl methyl sites for hydroxylation is 1. The molecule has 0 saturated carbocycles. The smallest absolute Gasteiger partial charge is 0.276 e. The molecule has 7 nitrogen and oxygen atoms in total. The van der Waals surface area contributed by atoms with Gasteiger partial charge in [-0.1, -0.05) is 5.16 Å². The monoisotopic (exact) mass is 300 g/mol. The van der Waals surface area contributed by atoms with Crippen LogP contribution in [0, 0.1) is 6.92 Å². The summed E-state index contributed by atoms with van der Waals surface area (Å²) in [5.74, 6) is 0.412. The molecule has 0 N–H and O–H groups in total. The van der Waals surface area contributed by atoms with Crippen LogP contribution in [0.25, 0.3) is 0 Å². The van der Waals surface area contributed by atoms with Crippen LogP contribution in [0.5, 0.6) is 0 Å². The topological polar surface area (TPSA) is 79.5 Å². The summed E-state index contributed by atoms with van der Waals surface area (Å²) in [4.78, 5) is 31.9. The SMILES string of the molecule is Cc1cc(C(=O)N2CCN(C(=O)c3ccncc3)CC2)no1. The van der Waals surface area contributed by atoms with Gasteiger partial charge in [0.2, 0.25) is 0 Å². The molecule has 0 radical (unpaired) electrons. The highest BCUT2D eigenvalue weighted by Gasteiger charge is 2.26. The van der Waals surface area contributed by atoms with E-state index in [0.717, 1.165) is 0 Å². The lowest BCUT2D eigenvalue weighted by Crippen LogP contribution is -2.50. The predicted octanol–water partition coefficient (Wildman–Crippen LogP) is 0.976. The van der Waals surface area contributed by atoms with Crippen LogP contribution >= 0.6 is 0 Å². The Morgan fingerprint density at radius 1 is 1.05 bits per heavy atom. The maximum atomic E-state index is 12.3. The summed E-state index contributed by atoms with van der Waals surface area (Å²) in [6, 6.07) is 5.01. The molecule has 0 unspecified atom stereocenters. The molecular formula is C15H16N4O3. The van der Waals surface area contributed by atoms with Gasteiger partial charge < -0.3 is 14.3 Å². The molecule has 2 aromatic heterocycles. The molecule has 1 aliphatic heterocycles. The van der Waals surface area contributed by atoms with Crippen molar-refractivity contribution in [3.8, 4) is 0 Å². The van der Waals surface area contributed by atoms with Crippen LogP contribution in [0.1, 0.15) is 26.6 Å². The fourth-order valence-electron chi connectivity index (χ4n) is 2.42. The number of nitrogens with zero attached hydrogens (tertiary/aromatic N) is 4. The second kappa shape index (κ2) is 5.97. The second-order valence-corrected chi connectivity index (χ2v) is 5.14. The lowest BCUT2D eigenvalue weighted by Gasteiger charge is -2.34. The maximum absolute atomic E-state index is 12.3. The van der Waals surface area contributed by atoms with Crippen LogP contribution in [-0.2, 0) is 0 Å². The van der Waals surface area contributed by atoms with Crippen LogP contribution in [-0.4, -0.2) is 57.9 Å². The third-order valence-corrected chi connectivity index (χ3v) is 3.63. The lowest BCUT2D eigenvalue weighted by molar-refractivity contribution is 0.0529. The average Bonchev–Trinajstić information content (AvgIpc) is 3.01. The Morgan fingerprint density at radius 3 is 2.18 bits per heavy atom. The fraction of sp³-hybridized carbons (Fsp3) is 0.333. The van der Waals surface area contributed by atoms with Gasteiger partial charge in [-0.05, 0) is 19.1 Å². The van der Waals surface area contributed by atoms with Crippen LogP contribution < -0.4 is 0 Å². The minimum atomic E-state index is -0.159. The molecule has 22 heavy (non-hydrogen) atoms. The van der Waals surface area contributed by atoms with Gasteiger partial charge in [0.05, 0.1) is 0 Å². The van der Waals surface area contributed by atoms with E-state index in [9.17, 15) is 9.59 Å². The number of pyridine rings is 1. The zero-order valence-corrected chi connectivity index (χ0v) is 12.2. The molecular weight excluding hydrogens is 284 g/mol. The third-order valence-electron chi connectivity index (χ3n) is 3.63. The van der Waals surface area contributed by atoms with E-state index < -0.39 is 0 Å². The largest absolute Gasteiger partial charge is 0.361 e. The number of hydrogen-bond donors (Lipinski definition) is 0. The number of carbonyl (C=O) groups excluding carboxylic acids is 2. The Labute approximate surface area is 127 Å². The van der Waals surface area contributed by atoms with E-state index in [0.29, 0.717) is 43.2 Å². The van der Waals surface area contributed by atoms with Crippen molar-refractivity contribution in [2.24, 2.45) is 0 Å². The van der Waals surface area contributed by atoms with Crippen molar-refractivity contribution in [2.75, 3.05) is 26.2 Å². The quantitative estimate of drug-likeness (QED) is 0.826. The molecule has 114 valence electrons. The Kier molecular flexibility index (Phi) is 3.86. The summed E-state index contributed by atoms with van der Waals surface area (Å²) in [7, 11) is 0. The molecule has 2 amide bonds. The molecule has 3 rings (SSSR count). The third kappa shape index (κ3) is 2.83. The molecule has 1 aliphatic rings. The average molecular weight is 300 g/mol. The number of carbonyl (C=O) groups is 2. The number of rotatable bonds is 2. The highest BCUT2D eigenvalue weighted by Crippen LogP contribution is 2.11. The van der Waals surface area contributed by atoms with Crippen LogP contribution in [0.2, 0.25) is 0 Å². The predicted molar refractivity (Wildman–Crippen MR) is 77.3 cm³/mol. The standard InChI is InChI=1S/C15H16N4O3/c1-11-10-13(17-22-11)15(21)19-8-6-18(7-9-19)14(20)12-2-4-16-5-3-12/h2-5,10H,6-9H2,1H3. The van der Waals surface area contributed by atoms with E-state index in [1.807, 2.05) is 0 Å². The maximum Gasteiger partial charge on any atom is 0.276 e.